The van der Waals surface area contributed by atoms with Gasteiger partial charge in [-0.1, -0.05) is 24.3 Å². The minimum absolute atomic E-state index is 0.642. The molecule has 0 amide bonds. The molecule has 0 aliphatic carbocycles. The lowest BCUT2D eigenvalue weighted by Gasteiger charge is -2.09. The number of nitrogens with zero attached hydrogens (tertiary/aromatic N) is 2. The molecule has 0 spiro atoms. The highest BCUT2D eigenvalue weighted by atomic mass is 16.5. The third-order valence-electron chi connectivity index (χ3n) is 2.67. The molecule has 4 nitrogen and oxygen atoms in total. The highest BCUT2D eigenvalue weighted by Gasteiger charge is 2.01. The van der Waals surface area contributed by atoms with E-state index < -0.39 is 0 Å². The Morgan fingerprint density at radius 3 is 2.61 bits per heavy atom. The van der Waals surface area contributed by atoms with E-state index in [4.69, 9.17) is 4.74 Å². The maximum atomic E-state index is 5.18. The first kappa shape index (κ1) is 12.7. The maximum absolute atomic E-state index is 5.18. The Balaban J connectivity index is 1.90. The van der Waals surface area contributed by atoms with Crippen LogP contribution in [-0.2, 0) is 24.4 Å². The van der Waals surface area contributed by atoms with Crippen LogP contribution < -0.4 is 5.32 Å². The van der Waals surface area contributed by atoms with Gasteiger partial charge in [0.2, 0.25) is 0 Å². The van der Waals surface area contributed by atoms with Gasteiger partial charge < -0.3 is 10.1 Å². The number of nitrogens with one attached hydrogen (secondary N) is 1. The molecule has 0 fully saturated rings. The summed E-state index contributed by atoms with van der Waals surface area (Å²) in [6.45, 7) is 2.16. The minimum Gasteiger partial charge on any atom is -0.380 e. The van der Waals surface area contributed by atoms with Crippen molar-refractivity contribution in [1.29, 1.82) is 0 Å². The van der Waals surface area contributed by atoms with Crippen molar-refractivity contribution in [2.75, 3.05) is 7.11 Å². The molecule has 4 heteroatoms. The van der Waals surface area contributed by atoms with Crippen LogP contribution in [0.2, 0.25) is 0 Å². The molecule has 0 saturated carbocycles. The van der Waals surface area contributed by atoms with Crippen molar-refractivity contribution < 1.29 is 4.74 Å². The van der Waals surface area contributed by atoms with E-state index in [2.05, 4.69) is 27.6 Å². The Labute approximate surface area is 107 Å². The van der Waals surface area contributed by atoms with Gasteiger partial charge in [0.25, 0.3) is 0 Å². The molecule has 0 aliphatic rings. The largest absolute Gasteiger partial charge is 0.380 e. The molecule has 0 saturated heterocycles. The van der Waals surface area contributed by atoms with E-state index in [1.165, 1.54) is 11.1 Å². The van der Waals surface area contributed by atoms with E-state index in [1.54, 1.807) is 13.3 Å². The summed E-state index contributed by atoms with van der Waals surface area (Å²) in [6, 6.07) is 12.1. The zero-order valence-corrected chi connectivity index (χ0v) is 10.5. The second-order valence-corrected chi connectivity index (χ2v) is 4.02. The zero-order chi connectivity index (χ0) is 12.6. The van der Waals surface area contributed by atoms with Gasteiger partial charge in [0, 0.05) is 26.4 Å². The van der Waals surface area contributed by atoms with Crippen LogP contribution in [0.15, 0.2) is 42.6 Å². The lowest BCUT2D eigenvalue weighted by atomic mass is 10.1. The van der Waals surface area contributed by atoms with Gasteiger partial charge in [0.05, 0.1) is 12.3 Å². The van der Waals surface area contributed by atoms with Gasteiger partial charge in [0.1, 0.15) is 0 Å². The summed E-state index contributed by atoms with van der Waals surface area (Å²) in [5.41, 5.74) is 3.41. The second kappa shape index (κ2) is 6.83. The Hall–Kier alpha value is -1.78. The summed E-state index contributed by atoms with van der Waals surface area (Å²) in [7, 11) is 1.71. The summed E-state index contributed by atoms with van der Waals surface area (Å²) in [5.74, 6) is 0. The molecule has 0 unspecified atom stereocenters. The van der Waals surface area contributed by atoms with Gasteiger partial charge in [-0.15, -0.1) is 0 Å². The highest BCUT2D eigenvalue weighted by Crippen LogP contribution is 2.09. The summed E-state index contributed by atoms with van der Waals surface area (Å²) in [4.78, 5) is 0. The number of aromatic nitrogens is 2. The van der Waals surface area contributed by atoms with Gasteiger partial charge in [-0.3, -0.25) is 0 Å². The number of benzene rings is 1. The first-order valence-corrected chi connectivity index (χ1v) is 5.93. The SMILES string of the molecule is COCc1ccccc1CNCc1cccnn1. The molecule has 1 aromatic carbocycles. The van der Waals surface area contributed by atoms with Gasteiger partial charge >= 0.3 is 0 Å². The van der Waals surface area contributed by atoms with E-state index in [9.17, 15) is 0 Å². The molecule has 18 heavy (non-hydrogen) atoms. The van der Waals surface area contributed by atoms with E-state index in [0.29, 0.717) is 6.61 Å². The van der Waals surface area contributed by atoms with Gasteiger partial charge in [-0.2, -0.15) is 10.2 Å². The van der Waals surface area contributed by atoms with E-state index in [-0.39, 0.29) is 0 Å². The average Bonchev–Trinajstić information content (AvgIpc) is 2.42. The lowest BCUT2D eigenvalue weighted by molar-refractivity contribution is 0.184. The lowest BCUT2D eigenvalue weighted by Crippen LogP contribution is -2.15. The number of rotatable bonds is 6. The molecule has 1 aromatic heterocycles. The molecular weight excluding hydrogens is 226 g/mol. The van der Waals surface area contributed by atoms with Crippen molar-refractivity contribution >= 4 is 0 Å². The monoisotopic (exact) mass is 243 g/mol. The zero-order valence-electron chi connectivity index (χ0n) is 10.5. The van der Waals surface area contributed by atoms with Crippen molar-refractivity contribution in [3.63, 3.8) is 0 Å². The summed E-state index contributed by atoms with van der Waals surface area (Å²) >= 11 is 0. The van der Waals surface area contributed by atoms with Gasteiger partial charge in [0.15, 0.2) is 0 Å². The van der Waals surface area contributed by atoms with Crippen LogP contribution >= 0.6 is 0 Å². The smallest absolute Gasteiger partial charge is 0.0769 e. The summed E-state index contributed by atoms with van der Waals surface area (Å²) < 4.78 is 5.18. The predicted molar refractivity (Wildman–Crippen MR) is 69.7 cm³/mol. The molecule has 0 bridgehead atoms. The number of methoxy groups -OCH3 is 1. The predicted octanol–water partition coefficient (Wildman–Crippen LogP) is 1.91. The maximum Gasteiger partial charge on any atom is 0.0769 e. The average molecular weight is 243 g/mol. The van der Waals surface area contributed by atoms with E-state index >= 15 is 0 Å². The van der Waals surface area contributed by atoms with E-state index in [0.717, 1.165) is 18.8 Å². The van der Waals surface area contributed by atoms with Crippen LogP contribution in [0, 0.1) is 0 Å². The Bertz CT molecular complexity index is 473. The normalized spacial score (nSPS) is 10.5. The highest BCUT2D eigenvalue weighted by molar-refractivity contribution is 5.26. The molecule has 94 valence electrons. The molecule has 2 rings (SSSR count). The summed E-state index contributed by atoms with van der Waals surface area (Å²) in [6.07, 6.45) is 1.68. The standard InChI is InChI=1S/C14H17N3O/c1-18-11-13-6-3-2-5-12(13)9-15-10-14-7-4-8-16-17-14/h2-8,15H,9-11H2,1H3. The van der Waals surface area contributed by atoms with Crippen LogP contribution in [0.3, 0.4) is 0 Å². The quantitative estimate of drug-likeness (QED) is 0.842. The number of ether oxygens (including phenoxy) is 1. The fourth-order valence-electron chi connectivity index (χ4n) is 1.78. The van der Waals surface area contributed by atoms with Crippen LogP contribution in [0.1, 0.15) is 16.8 Å². The topological polar surface area (TPSA) is 47.0 Å². The third-order valence-corrected chi connectivity index (χ3v) is 2.67. The van der Waals surface area contributed by atoms with Crippen molar-refractivity contribution in [2.24, 2.45) is 0 Å². The third kappa shape index (κ3) is 3.61. The first-order chi connectivity index (χ1) is 8.90. The fraction of sp³-hybridized carbons (Fsp3) is 0.286. The molecule has 1 heterocycles. The van der Waals surface area contributed by atoms with E-state index in [1.807, 2.05) is 24.3 Å². The molecule has 0 atom stereocenters. The Kier molecular flexibility index (Phi) is 4.81. The van der Waals surface area contributed by atoms with Crippen LogP contribution in [0.5, 0.6) is 0 Å². The number of hydrogen-bond donors (Lipinski definition) is 1. The minimum atomic E-state index is 0.642. The second-order valence-electron chi connectivity index (χ2n) is 4.02. The van der Waals surface area contributed by atoms with Crippen molar-refractivity contribution in [1.82, 2.24) is 15.5 Å². The molecule has 2 aromatic rings. The fourth-order valence-corrected chi connectivity index (χ4v) is 1.78. The van der Waals surface area contributed by atoms with Crippen molar-refractivity contribution in [2.45, 2.75) is 19.7 Å². The van der Waals surface area contributed by atoms with Crippen LogP contribution in [0.4, 0.5) is 0 Å². The molecule has 1 N–H and O–H groups in total. The Morgan fingerprint density at radius 1 is 1.06 bits per heavy atom. The first-order valence-electron chi connectivity index (χ1n) is 5.93. The van der Waals surface area contributed by atoms with Crippen LogP contribution in [-0.4, -0.2) is 17.3 Å². The summed E-state index contributed by atoms with van der Waals surface area (Å²) in [5, 5.41) is 11.2. The molecule has 0 aliphatic heterocycles. The molecular formula is C14H17N3O. The Morgan fingerprint density at radius 2 is 1.89 bits per heavy atom. The molecule has 0 radical (unpaired) electrons. The van der Waals surface area contributed by atoms with Crippen molar-refractivity contribution in [3.8, 4) is 0 Å². The van der Waals surface area contributed by atoms with Gasteiger partial charge in [-0.05, 0) is 23.3 Å². The number of hydrogen-bond acceptors (Lipinski definition) is 4. The van der Waals surface area contributed by atoms with Crippen molar-refractivity contribution in [3.05, 3.63) is 59.4 Å². The van der Waals surface area contributed by atoms with Crippen LogP contribution in [0.25, 0.3) is 0 Å². The van der Waals surface area contributed by atoms with Gasteiger partial charge in [-0.25, -0.2) is 0 Å².